The van der Waals surface area contributed by atoms with E-state index in [4.69, 9.17) is 4.11 Å². The Morgan fingerprint density at radius 3 is 2.50 bits per heavy atom. The first-order valence-electron chi connectivity index (χ1n) is 10.7. The van der Waals surface area contributed by atoms with Gasteiger partial charge < -0.3 is 9.80 Å². The minimum absolute atomic E-state index is 0.0803. The fourth-order valence-corrected chi connectivity index (χ4v) is 3.58. The fraction of sp³-hybridized carbons (Fsp3) is 0.409. The second-order valence-electron chi connectivity index (χ2n) is 6.73. The monoisotopic (exact) mass is 357 g/mol. The lowest BCUT2D eigenvalue weighted by Gasteiger charge is -2.38. The summed E-state index contributed by atoms with van der Waals surface area (Å²) in [5, 5.41) is 0. The number of amides is 1. The van der Waals surface area contributed by atoms with Crippen LogP contribution in [0, 0.1) is 5.82 Å². The van der Waals surface area contributed by atoms with Gasteiger partial charge in [-0.05, 0) is 49.1 Å². The van der Waals surface area contributed by atoms with Crippen molar-refractivity contribution in [1.29, 1.82) is 0 Å². The average molecular weight is 357 g/mol. The molecule has 4 heteroatoms. The Balaban J connectivity index is 1.64. The zero-order valence-electron chi connectivity index (χ0n) is 17.9. The van der Waals surface area contributed by atoms with Crippen LogP contribution in [-0.2, 0) is 11.2 Å². The van der Waals surface area contributed by atoms with Gasteiger partial charge in [-0.15, -0.1) is 0 Å². The first-order chi connectivity index (χ1) is 13.8. The molecule has 0 aliphatic carbocycles. The van der Waals surface area contributed by atoms with Gasteiger partial charge in [0.25, 0.3) is 0 Å². The van der Waals surface area contributed by atoms with Crippen molar-refractivity contribution in [3.05, 3.63) is 66.0 Å². The first-order valence-corrected chi connectivity index (χ1v) is 9.16. The van der Waals surface area contributed by atoms with Crippen molar-refractivity contribution >= 4 is 11.6 Å². The molecule has 2 aromatic carbocycles. The number of likely N-dealkylation sites (tertiary alicyclic amines) is 1. The van der Waals surface area contributed by atoms with Gasteiger partial charge in [-0.3, -0.25) is 4.79 Å². The van der Waals surface area contributed by atoms with Crippen LogP contribution < -0.4 is 4.90 Å². The Morgan fingerprint density at radius 1 is 1.15 bits per heavy atom. The average Bonchev–Trinajstić information content (AvgIpc) is 2.68. The van der Waals surface area contributed by atoms with E-state index in [1.165, 1.54) is 17.7 Å². The summed E-state index contributed by atoms with van der Waals surface area (Å²) in [6, 6.07) is 16.0. The summed E-state index contributed by atoms with van der Waals surface area (Å²) >= 11 is 0. The summed E-state index contributed by atoms with van der Waals surface area (Å²) in [6.45, 7) is 0.314. The van der Waals surface area contributed by atoms with Crippen molar-refractivity contribution in [2.24, 2.45) is 0 Å². The molecule has 0 radical (unpaired) electrons. The molecule has 1 saturated heterocycles. The fourth-order valence-electron chi connectivity index (χ4n) is 3.58. The van der Waals surface area contributed by atoms with Crippen LogP contribution in [0.25, 0.3) is 0 Å². The van der Waals surface area contributed by atoms with Crippen LogP contribution >= 0.6 is 0 Å². The Labute approximate surface area is 159 Å². The van der Waals surface area contributed by atoms with E-state index >= 15 is 0 Å². The first kappa shape index (κ1) is 14.9. The second kappa shape index (κ2) is 8.95. The molecule has 1 fully saturated rings. The molecule has 0 N–H and O–H groups in total. The van der Waals surface area contributed by atoms with Gasteiger partial charge in [0, 0.05) is 41.9 Å². The van der Waals surface area contributed by atoms with Crippen molar-refractivity contribution in [2.75, 3.05) is 24.5 Å². The predicted molar refractivity (Wildman–Crippen MR) is 104 cm³/mol. The van der Waals surface area contributed by atoms with Crippen molar-refractivity contribution < 1.29 is 13.3 Å². The zero-order valence-corrected chi connectivity index (χ0v) is 14.9. The highest BCUT2D eigenvalue weighted by molar-refractivity contribution is 5.93. The van der Waals surface area contributed by atoms with Gasteiger partial charge in [0.05, 0.1) is 0 Å². The van der Waals surface area contributed by atoms with Gasteiger partial charge in [0.15, 0.2) is 0 Å². The lowest BCUT2D eigenvalue weighted by Crippen LogP contribution is -2.47. The minimum atomic E-state index is -2.33. The van der Waals surface area contributed by atoms with Crippen LogP contribution in [0.15, 0.2) is 54.6 Å². The number of nitrogens with zero attached hydrogens (tertiary/aromatic N) is 2. The third kappa shape index (κ3) is 4.70. The largest absolute Gasteiger partial charge is 0.309 e. The molecule has 3 nitrogen and oxygen atoms in total. The minimum Gasteiger partial charge on any atom is -0.309 e. The molecule has 3 rings (SSSR count). The maximum Gasteiger partial charge on any atom is 0.226 e. The molecule has 1 amide bonds. The topological polar surface area (TPSA) is 23.6 Å². The second-order valence-corrected chi connectivity index (χ2v) is 6.73. The Kier molecular flexibility index (Phi) is 5.13. The number of rotatable bonds is 6. The zero-order chi connectivity index (χ0) is 20.9. The van der Waals surface area contributed by atoms with Crippen molar-refractivity contribution in [3.63, 3.8) is 0 Å². The number of benzene rings is 2. The number of hydrogen-bond acceptors (Lipinski definition) is 2. The molecular weight excluding hydrogens is 327 g/mol. The van der Waals surface area contributed by atoms with Crippen LogP contribution in [0.5, 0.6) is 0 Å². The van der Waals surface area contributed by atoms with Crippen molar-refractivity contribution in [2.45, 2.75) is 38.6 Å². The van der Waals surface area contributed by atoms with E-state index in [0.29, 0.717) is 5.69 Å². The van der Waals surface area contributed by atoms with Gasteiger partial charge in [0.1, 0.15) is 5.82 Å². The van der Waals surface area contributed by atoms with E-state index < -0.39 is 19.2 Å². The number of carbonyl (C=O) groups is 1. The number of piperidine rings is 1. The molecule has 26 heavy (non-hydrogen) atoms. The highest BCUT2D eigenvalue weighted by Gasteiger charge is 2.28. The Bertz CT molecular complexity index is 788. The Morgan fingerprint density at radius 2 is 1.85 bits per heavy atom. The summed E-state index contributed by atoms with van der Waals surface area (Å²) in [5.41, 5.74) is 1.86. The number of carbonyl (C=O) groups excluding carboxylic acids is 1. The molecule has 0 aromatic heterocycles. The molecule has 0 spiro atoms. The van der Waals surface area contributed by atoms with Crippen LogP contribution in [0.3, 0.4) is 0 Å². The summed E-state index contributed by atoms with van der Waals surface area (Å²) in [4.78, 5) is 16.7. The SMILES string of the molecule is [2H]C([2H])([2H])CC(=O)N(c1ccc(F)cc1)C1CCN(CCc2ccccc2)CC1. The normalized spacial score (nSPS) is 18.0. The maximum atomic E-state index is 13.3. The van der Waals surface area contributed by atoms with Gasteiger partial charge >= 0.3 is 0 Å². The third-order valence-electron chi connectivity index (χ3n) is 5.01. The van der Waals surface area contributed by atoms with E-state index in [0.717, 1.165) is 38.9 Å². The van der Waals surface area contributed by atoms with Crippen LogP contribution in [0.2, 0.25) is 0 Å². The van der Waals surface area contributed by atoms with Gasteiger partial charge in [-0.2, -0.15) is 0 Å². The molecule has 0 saturated carbocycles. The van der Waals surface area contributed by atoms with Crippen LogP contribution in [-0.4, -0.2) is 36.5 Å². The number of anilines is 1. The molecule has 2 aromatic rings. The van der Waals surface area contributed by atoms with E-state index in [1.54, 1.807) is 17.0 Å². The molecule has 0 atom stereocenters. The van der Waals surface area contributed by atoms with E-state index in [1.807, 2.05) is 18.2 Å². The standard InChI is InChI=1S/C22H27FN2O/c1-2-22(26)25(20-10-8-19(23)9-11-20)21-13-16-24(17-14-21)15-12-18-6-4-3-5-7-18/h3-11,21H,2,12-17H2,1H3/i1D3. The summed E-state index contributed by atoms with van der Waals surface area (Å²) in [6.07, 6.45) is 1.99. The highest BCUT2D eigenvalue weighted by Crippen LogP contribution is 2.25. The molecule has 1 aliphatic rings. The molecule has 138 valence electrons. The molecular formula is C22H27FN2O. The molecule has 1 heterocycles. The van der Waals surface area contributed by atoms with Gasteiger partial charge in [-0.1, -0.05) is 37.2 Å². The van der Waals surface area contributed by atoms with E-state index in [9.17, 15) is 9.18 Å². The van der Waals surface area contributed by atoms with Gasteiger partial charge in [0.2, 0.25) is 5.91 Å². The predicted octanol–water partition coefficient (Wildman–Crippen LogP) is 4.28. The summed E-state index contributed by atoms with van der Waals surface area (Å²) in [5.74, 6) is -0.813. The van der Waals surface area contributed by atoms with E-state index in [2.05, 4.69) is 17.0 Å². The van der Waals surface area contributed by atoms with Gasteiger partial charge in [-0.25, -0.2) is 4.39 Å². The third-order valence-corrected chi connectivity index (χ3v) is 5.01. The maximum absolute atomic E-state index is 13.3. The summed E-state index contributed by atoms with van der Waals surface area (Å²) < 4.78 is 35.7. The highest BCUT2D eigenvalue weighted by atomic mass is 19.1. The smallest absolute Gasteiger partial charge is 0.226 e. The number of hydrogen-bond donors (Lipinski definition) is 0. The quantitative estimate of drug-likeness (QED) is 0.770. The number of halogens is 1. The molecule has 0 unspecified atom stereocenters. The van der Waals surface area contributed by atoms with E-state index in [-0.39, 0.29) is 11.9 Å². The summed E-state index contributed by atoms with van der Waals surface area (Å²) in [7, 11) is 0. The molecule has 0 bridgehead atoms. The Hall–Kier alpha value is -2.20. The van der Waals surface area contributed by atoms with Crippen molar-refractivity contribution in [1.82, 2.24) is 4.90 Å². The lowest BCUT2D eigenvalue weighted by atomic mass is 10.0. The van der Waals surface area contributed by atoms with Crippen molar-refractivity contribution in [3.8, 4) is 0 Å². The molecule has 1 aliphatic heterocycles. The van der Waals surface area contributed by atoms with Crippen LogP contribution in [0.4, 0.5) is 10.1 Å². The van der Waals surface area contributed by atoms with Crippen LogP contribution in [0.1, 0.15) is 35.8 Å². The lowest BCUT2D eigenvalue weighted by molar-refractivity contribution is -0.119.